The Morgan fingerprint density at radius 1 is 1.56 bits per heavy atom. The highest BCUT2D eigenvalue weighted by Gasteiger charge is 2.32. The van der Waals surface area contributed by atoms with Crippen LogP contribution >= 0.6 is 7.29 Å². The van der Waals surface area contributed by atoms with E-state index in [9.17, 15) is 9.36 Å². The van der Waals surface area contributed by atoms with Crippen molar-refractivity contribution in [2.75, 3.05) is 13.3 Å². The van der Waals surface area contributed by atoms with Crippen molar-refractivity contribution in [2.45, 2.75) is 33.2 Å². The van der Waals surface area contributed by atoms with Gasteiger partial charge in [-0.2, -0.15) is 0 Å². The first kappa shape index (κ1) is 13.5. The van der Waals surface area contributed by atoms with Crippen molar-refractivity contribution in [2.24, 2.45) is 5.92 Å². The summed E-state index contributed by atoms with van der Waals surface area (Å²) in [5.41, 5.74) is 1.13. The maximum atomic E-state index is 12.4. The predicted octanol–water partition coefficient (Wildman–Crippen LogP) is 2.36. The monoisotopic (exact) mass is 245 g/mol. The average Bonchev–Trinajstić information content (AvgIpc) is 2.54. The Kier molecular flexibility index (Phi) is 4.34. The number of rotatable bonds is 4. The summed E-state index contributed by atoms with van der Waals surface area (Å²) in [6, 6.07) is -0.488. The van der Waals surface area contributed by atoms with Crippen LogP contribution in [-0.4, -0.2) is 25.3 Å². The van der Waals surface area contributed by atoms with Gasteiger partial charge in [-0.1, -0.05) is 19.4 Å². The van der Waals surface area contributed by atoms with Gasteiger partial charge in [0.05, 0.1) is 7.11 Å². The number of hydrogen-bond acceptors (Lipinski definition) is 3. The maximum absolute atomic E-state index is 12.4. The van der Waals surface area contributed by atoms with Crippen molar-refractivity contribution in [3.63, 3.8) is 0 Å². The van der Waals surface area contributed by atoms with Crippen LogP contribution in [-0.2, 0) is 14.1 Å². The van der Waals surface area contributed by atoms with Gasteiger partial charge in [-0.05, 0) is 25.1 Å². The van der Waals surface area contributed by atoms with E-state index >= 15 is 0 Å². The van der Waals surface area contributed by atoms with Crippen LogP contribution in [0.15, 0.2) is 11.4 Å². The van der Waals surface area contributed by atoms with Crippen molar-refractivity contribution in [1.29, 1.82) is 0 Å². The van der Waals surface area contributed by atoms with Gasteiger partial charge in [0.15, 0.2) is 7.29 Å². The van der Waals surface area contributed by atoms with Gasteiger partial charge in [-0.3, -0.25) is 4.79 Å². The number of carbonyl (C=O) groups excluding carboxylic acids is 1. The third-order valence-electron chi connectivity index (χ3n) is 2.75. The van der Waals surface area contributed by atoms with Gasteiger partial charge < -0.3 is 9.30 Å². The van der Waals surface area contributed by atoms with E-state index < -0.39 is 13.3 Å². The van der Waals surface area contributed by atoms with Crippen LogP contribution in [0.2, 0.25) is 0 Å². The number of methoxy groups -OCH3 is 1. The zero-order valence-corrected chi connectivity index (χ0v) is 11.2. The van der Waals surface area contributed by atoms with E-state index in [1.54, 1.807) is 5.82 Å². The summed E-state index contributed by atoms with van der Waals surface area (Å²) in [5.74, 6) is 1.50. The summed E-state index contributed by atoms with van der Waals surface area (Å²) in [5, 5.41) is 2.98. The largest absolute Gasteiger partial charge is 0.468 e. The highest BCUT2D eigenvalue weighted by atomic mass is 31.2. The maximum Gasteiger partial charge on any atom is 0.323 e. The minimum Gasteiger partial charge on any atom is -0.468 e. The molecule has 0 spiro atoms. The van der Waals surface area contributed by atoms with Crippen LogP contribution in [0.1, 0.15) is 27.2 Å². The highest BCUT2D eigenvalue weighted by molar-refractivity contribution is 7.65. The molecular weight excluding hydrogens is 225 g/mol. The Balaban J connectivity index is 2.77. The Hall–Kier alpha value is -0.600. The van der Waals surface area contributed by atoms with Crippen LogP contribution in [0, 0.1) is 5.92 Å². The zero-order valence-electron chi connectivity index (χ0n) is 10.3. The number of nitrogens with one attached hydrogen (secondary N) is 1. The molecule has 0 aliphatic carbocycles. The second-order valence-corrected chi connectivity index (χ2v) is 7.17. The first-order valence-electron chi connectivity index (χ1n) is 5.50. The Labute approximate surface area is 96.9 Å². The molecule has 1 rings (SSSR count). The molecule has 1 N–H and O–H groups in total. The van der Waals surface area contributed by atoms with E-state index in [1.807, 2.05) is 20.8 Å². The first-order chi connectivity index (χ1) is 7.38. The van der Waals surface area contributed by atoms with Crippen molar-refractivity contribution in [1.82, 2.24) is 5.09 Å². The highest BCUT2D eigenvalue weighted by Crippen LogP contribution is 2.51. The lowest BCUT2D eigenvalue weighted by molar-refractivity contribution is -0.143. The van der Waals surface area contributed by atoms with E-state index in [2.05, 4.69) is 5.09 Å². The van der Waals surface area contributed by atoms with E-state index in [0.717, 1.165) is 12.0 Å². The average molecular weight is 245 g/mol. The summed E-state index contributed by atoms with van der Waals surface area (Å²) in [7, 11) is -1.16. The van der Waals surface area contributed by atoms with Gasteiger partial charge in [-0.25, -0.2) is 5.09 Å². The molecule has 2 atom stereocenters. The van der Waals surface area contributed by atoms with Gasteiger partial charge in [0.2, 0.25) is 0 Å². The molecule has 0 aromatic rings. The Bertz CT molecular complexity index is 349. The molecule has 0 aromatic carbocycles. The molecule has 16 heavy (non-hydrogen) atoms. The molecule has 0 bridgehead atoms. The van der Waals surface area contributed by atoms with Gasteiger partial charge in [0.1, 0.15) is 6.04 Å². The summed E-state index contributed by atoms with van der Waals surface area (Å²) < 4.78 is 17.1. The third-order valence-corrected chi connectivity index (χ3v) is 5.21. The molecule has 1 unspecified atom stereocenters. The van der Waals surface area contributed by atoms with Crippen molar-refractivity contribution in [3.8, 4) is 0 Å². The Morgan fingerprint density at radius 2 is 2.19 bits per heavy atom. The molecule has 4 nitrogen and oxygen atoms in total. The number of carbonyl (C=O) groups is 1. The summed E-state index contributed by atoms with van der Waals surface area (Å²) in [6.07, 6.45) is 1.45. The molecule has 1 aliphatic heterocycles. The smallest absolute Gasteiger partial charge is 0.323 e. The minimum absolute atomic E-state index is 0.0626. The third kappa shape index (κ3) is 3.19. The SMILES string of the molecule is COC(=O)[C@@H](NP1(=O)C=C(C)CC1)C(C)C. The molecule has 0 amide bonds. The summed E-state index contributed by atoms with van der Waals surface area (Å²) >= 11 is 0. The molecule has 1 aliphatic rings. The van der Waals surface area contributed by atoms with Crippen LogP contribution in [0.4, 0.5) is 0 Å². The Morgan fingerprint density at radius 3 is 2.56 bits per heavy atom. The van der Waals surface area contributed by atoms with Crippen LogP contribution in [0.5, 0.6) is 0 Å². The van der Waals surface area contributed by atoms with E-state index in [1.165, 1.54) is 7.11 Å². The number of esters is 1. The van der Waals surface area contributed by atoms with Crippen molar-refractivity contribution >= 4 is 13.3 Å². The summed E-state index contributed by atoms with van der Waals surface area (Å²) in [6.45, 7) is 5.78. The van der Waals surface area contributed by atoms with Crippen LogP contribution in [0.3, 0.4) is 0 Å². The van der Waals surface area contributed by atoms with Gasteiger partial charge >= 0.3 is 5.97 Å². The number of allylic oxidation sites excluding steroid dienone is 1. The first-order valence-corrected chi connectivity index (χ1v) is 7.47. The summed E-state index contributed by atoms with van der Waals surface area (Å²) in [4.78, 5) is 11.5. The lowest BCUT2D eigenvalue weighted by atomic mass is 10.1. The fraction of sp³-hybridized carbons (Fsp3) is 0.727. The predicted molar refractivity (Wildman–Crippen MR) is 64.6 cm³/mol. The fourth-order valence-electron chi connectivity index (χ4n) is 1.77. The van der Waals surface area contributed by atoms with Crippen molar-refractivity contribution in [3.05, 3.63) is 11.4 Å². The molecular formula is C11H20NO3P. The van der Waals surface area contributed by atoms with Gasteiger partial charge in [0.25, 0.3) is 0 Å². The molecule has 0 aromatic heterocycles. The van der Waals surface area contributed by atoms with E-state index in [-0.39, 0.29) is 11.9 Å². The van der Waals surface area contributed by atoms with Crippen molar-refractivity contribution < 1.29 is 14.1 Å². The van der Waals surface area contributed by atoms with Crippen LogP contribution in [0.25, 0.3) is 0 Å². The number of hydrogen-bond donors (Lipinski definition) is 1. The zero-order chi connectivity index (χ0) is 12.3. The topological polar surface area (TPSA) is 55.4 Å². The normalized spacial score (nSPS) is 26.7. The lowest BCUT2D eigenvalue weighted by Gasteiger charge is -2.23. The molecule has 0 saturated carbocycles. The van der Waals surface area contributed by atoms with Gasteiger partial charge in [0, 0.05) is 6.16 Å². The quantitative estimate of drug-likeness (QED) is 0.610. The minimum atomic E-state index is -2.52. The lowest BCUT2D eigenvalue weighted by Crippen LogP contribution is -2.39. The molecule has 0 saturated heterocycles. The molecule has 1 heterocycles. The second kappa shape index (κ2) is 5.15. The fourth-order valence-corrected chi connectivity index (χ4v) is 4.50. The van der Waals surface area contributed by atoms with E-state index in [0.29, 0.717) is 6.16 Å². The molecule has 92 valence electrons. The number of ether oxygens (including phenoxy) is 1. The van der Waals surface area contributed by atoms with Crippen LogP contribution < -0.4 is 5.09 Å². The van der Waals surface area contributed by atoms with E-state index in [4.69, 9.17) is 4.74 Å². The van der Waals surface area contributed by atoms with Gasteiger partial charge in [-0.15, -0.1) is 0 Å². The molecule has 0 radical (unpaired) electrons. The second-order valence-electron chi connectivity index (χ2n) is 4.62. The molecule has 5 heteroatoms. The molecule has 0 fully saturated rings. The standard InChI is InChI=1S/C11H20NO3P/c1-8(2)10(11(13)15-4)12-16(14)6-5-9(3)7-16/h7-8,10H,5-6H2,1-4H3,(H,12,14)/t10-,16?/m0/s1.